The quantitative estimate of drug-likeness (QED) is 0.668. The van der Waals surface area contributed by atoms with Crippen molar-refractivity contribution in [3.05, 3.63) is 36.4 Å². The molecule has 1 amide bonds. The lowest BCUT2D eigenvalue weighted by molar-refractivity contribution is -0.125. The Labute approximate surface area is 128 Å². The van der Waals surface area contributed by atoms with E-state index in [0.29, 0.717) is 18.7 Å². The fraction of sp³-hybridized carbons (Fsp3) is 0.312. The molecule has 2 aromatic rings. The van der Waals surface area contributed by atoms with Gasteiger partial charge < -0.3 is 10.6 Å². The summed E-state index contributed by atoms with van der Waals surface area (Å²) in [6, 6.07) is 11.6. The number of amides is 1. The molecule has 0 bridgehead atoms. The number of nitriles is 1. The van der Waals surface area contributed by atoms with Gasteiger partial charge in [-0.05, 0) is 19.3 Å². The molecule has 0 spiro atoms. The van der Waals surface area contributed by atoms with Crippen LogP contribution in [0.2, 0.25) is 0 Å². The lowest BCUT2D eigenvalue weighted by Gasteiger charge is -2.38. The van der Waals surface area contributed by atoms with Gasteiger partial charge >= 0.3 is 0 Å². The molecule has 112 valence electrons. The minimum Gasteiger partial charge on any atom is -0.309 e. The zero-order valence-electron chi connectivity index (χ0n) is 12.3. The predicted octanol–water partition coefficient (Wildman–Crippen LogP) is 2.02. The molecule has 1 aromatic carbocycles. The van der Waals surface area contributed by atoms with E-state index >= 15 is 0 Å². The van der Waals surface area contributed by atoms with Crippen molar-refractivity contribution in [1.82, 2.24) is 15.1 Å². The molecule has 0 unspecified atom stereocenters. The molecule has 1 heterocycles. The summed E-state index contributed by atoms with van der Waals surface area (Å²) in [5.74, 6) is 0.442. The number of aromatic nitrogens is 2. The van der Waals surface area contributed by atoms with Crippen LogP contribution >= 0.6 is 0 Å². The molecule has 0 saturated heterocycles. The number of carbonyl (C=O) groups is 1. The van der Waals surface area contributed by atoms with Crippen molar-refractivity contribution in [3.63, 3.8) is 0 Å². The first-order chi connectivity index (χ1) is 10.6. The molecule has 6 nitrogen and oxygen atoms in total. The monoisotopic (exact) mass is 295 g/mol. The van der Waals surface area contributed by atoms with E-state index in [-0.39, 0.29) is 5.91 Å². The Kier molecular flexibility index (Phi) is 3.55. The van der Waals surface area contributed by atoms with Gasteiger partial charge in [0, 0.05) is 18.7 Å². The lowest BCUT2D eigenvalue weighted by Crippen LogP contribution is -2.57. The molecule has 1 saturated carbocycles. The van der Waals surface area contributed by atoms with Gasteiger partial charge in [0.05, 0.1) is 5.69 Å². The summed E-state index contributed by atoms with van der Waals surface area (Å²) in [4.78, 5) is 12.4. The Morgan fingerprint density at radius 3 is 2.68 bits per heavy atom. The fourth-order valence-corrected chi connectivity index (χ4v) is 2.62. The first kappa shape index (κ1) is 14.1. The zero-order valence-corrected chi connectivity index (χ0v) is 12.3. The van der Waals surface area contributed by atoms with Gasteiger partial charge in [-0.3, -0.25) is 9.48 Å². The zero-order chi connectivity index (χ0) is 15.6. The molecule has 0 aliphatic heterocycles. The summed E-state index contributed by atoms with van der Waals surface area (Å²) < 4.78 is 1.64. The van der Waals surface area contributed by atoms with E-state index in [1.54, 1.807) is 11.7 Å². The minimum absolute atomic E-state index is 0.178. The molecule has 1 aliphatic rings. The largest absolute Gasteiger partial charge is 0.309 e. The van der Waals surface area contributed by atoms with Crippen LogP contribution in [0.3, 0.4) is 0 Å². The molecule has 3 rings (SSSR count). The number of hydrogen-bond donors (Lipinski definition) is 2. The number of benzene rings is 1. The maximum Gasteiger partial charge on any atom is 0.251 e. The number of rotatable bonds is 4. The molecular weight excluding hydrogens is 278 g/mol. The van der Waals surface area contributed by atoms with Gasteiger partial charge in [-0.1, -0.05) is 30.3 Å². The average molecular weight is 295 g/mol. The number of anilines is 1. The van der Waals surface area contributed by atoms with Crippen LogP contribution in [-0.4, -0.2) is 21.2 Å². The Morgan fingerprint density at radius 2 is 2.09 bits per heavy atom. The third-order valence-electron chi connectivity index (χ3n) is 4.13. The van der Waals surface area contributed by atoms with E-state index < -0.39 is 5.54 Å². The van der Waals surface area contributed by atoms with Gasteiger partial charge in [0.1, 0.15) is 11.4 Å². The van der Waals surface area contributed by atoms with E-state index in [4.69, 9.17) is 5.26 Å². The third-order valence-corrected chi connectivity index (χ3v) is 4.13. The highest BCUT2D eigenvalue weighted by molar-refractivity contribution is 5.98. The Balaban J connectivity index is 1.80. The van der Waals surface area contributed by atoms with E-state index in [1.807, 2.05) is 42.6 Å². The Bertz CT molecular complexity index is 725. The van der Waals surface area contributed by atoms with Gasteiger partial charge in [-0.25, -0.2) is 0 Å². The second-order valence-electron chi connectivity index (χ2n) is 5.53. The highest BCUT2D eigenvalue weighted by Gasteiger charge is 2.44. The molecule has 22 heavy (non-hydrogen) atoms. The van der Waals surface area contributed by atoms with Crippen molar-refractivity contribution in [1.29, 1.82) is 5.26 Å². The second-order valence-corrected chi connectivity index (χ2v) is 5.53. The van der Waals surface area contributed by atoms with E-state index in [1.165, 1.54) is 0 Å². The van der Waals surface area contributed by atoms with Crippen LogP contribution in [-0.2, 0) is 11.8 Å². The highest BCUT2D eigenvalue weighted by Crippen LogP contribution is 2.33. The van der Waals surface area contributed by atoms with Crippen LogP contribution in [0.5, 0.6) is 0 Å². The van der Waals surface area contributed by atoms with E-state index in [9.17, 15) is 4.79 Å². The maximum atomic E-state index is 12.4. The summed E-state index contributed by atoms with van der Waals surface area (Å²) in [7, 11) is 1.78. The van der Waals surface area contributed by atoms with Crippen molar-refractivity contribution >= 4 is 11.7 Å². The molecular formula is C16H17N5O. The molecule has 2 N–H and O–H groups in total. The molecule has 1 aliphatic carbocycles. The summed E-state index contributed by atoms with van der Waals surface area (Å²) in [6.45, 7) is 0. The van der Waals surface area contributed by atoms with Crippen LogP contribution in [0.4, 0.5) is 5.82 Å². The van der Waals surface area contributed by atoms with Gasteiger partial charge in [0.2, 0.25) is 0 Å². The third kappa shape index (κ3) is 2.42. The van der Waals surface area contributed by atoms with Crippen molar-refractivity contribution < 1.29 is 4.79 Å². The smallest absolute Gasteiger partial charge is 0.251 e. The summed E-state index contributed by atoms with van der Waals surface area (Å²) in [5, 5.41) is 18.8. The SMILES string of the molecule is Cn1nc(-c2ccccc2)cc1NC(=O)C1(NC#N)CCC1. The second kappa shape index (κ2) is 5.53. The van der Waals surface area contributed by atoms with Crippen LogP contribution < -0.4 is 10.6 Å². The van der Waals surface area contributed by atoms with Crippen molar-refractivity contribution in [2.75, 3.05) is 5.32 Å². The van der Waals surface area contributed by atoms with E-state index in [2.05, 4.69) is 15.7 Å². The number of nitrogens with zero attached hydrogens (tertiary/aromatic N) is 3. The van der Waals surface area contributed by atoms with Crippen molar-refractivity contribution in [2.24, 2.45) is 7.05 Å². The van der Waals surface area contributed by atoms with Crippen molar-refractivity contribution in [3.8, 4) is 17.5 Å². The summed E-state index contributed by atoms with van der Waals surface area (Å²) in [5.41, 5.74) is 1.03. The minimum atomic E-state index is -0.758. The lowest BCUT2D eigenvalue weighted by atomic mass is 9.76. The summed E-state index contributed by atoms with van der Waals surface area (Å²) >= 11 is 0. The Morgan fingerprint density at radius 1 is 1.36 bits per heavy atom. The van der Waals surface area contributed by atoms with Crippen LogP contribution in [0.25, 0.3) is 11.3 Å². The topological polar surface area (TPSA) is 82.7 Å². The van der Waals surface area contributed by atoms with E-state index in [0.717, 1.165) is 17.7 Å². The predicted molar refractivity (Wildman–Crippen MR) is 82.6 cm³/mol. The van der Waals surface area contributed by atoms with Crippen LogP contribution in [0, 0.1) is 11.5 Å². The molecule has 1 aromatic heterocycles. The number of nitrogens with one attached hydrogen (secondary N) is 2. The molecule has 1 fully saturated rings. The number of carbonyl (C=O) groups excluding carboxylic acids is 1. The molecule has 0 radical (unpaired) electrons. The average Bonchev–Trinajstić information content (AvgIpc) is 2.85. The van der Waals surface area contributed by atoms with Gasteiger partial charge in [-0.2, -0.15) is 10.4 Å². The van der Waals surface area contributed by atoms with Crippen LogP contribution in [0.15, 0.2) is 36.4 Å². The van der Waals surface area contributed by atoms with Gasteiger partial charge in [0.15, 0.2) is 6.19 Å². The first-order valence-corrected chi connectivity index (χ1v) is 7.22. The van der Waals surface area contributed by atoms with Gasteiger partial charge in [0.25, 0.3) is 5.91 Å². The van der Waals surface area contributed by atoms with Crippen LogP contribution in [0.1, 0.15) is 19.3 Å². The number of hydrogen-bond acceptors (Lipinski definition) is 4. The maximum absolute atomic E-state index is 12.4. The molecule has 0 atom stereocenters. The first-order valence-electron chi connectivity index (χ1n) is 7.22. The standard InChI is InChI=1S/C16H17N5O/c1-21-14(10-13(20-21)12-6-3-2-4-7-12)19-15(22)16(18-11-17)8-5-9-16/h2-4,6-7,10,18H,5,8-9H2,1H3,(H,19,22). The normalized spacial score (nSPS) is 15.5. The Hall–Kier alpha value is -2.81. The highest BCUT2D eigenvalue weighted by atomic mass is 16.2. The molecule has 6 heteroatoms. The fourth-order valence-electron chi connectivity index (χ4n) is 2.62. The number of aryl methyl sites for hydroxylation is 1. The summed E-state index contributed by atoms with van der Waals surface area (Å²) in [6.07, 6.45) is 4.19. The van der Waals surface area contributed by atoms with Crippen molar-refractivity contribution in [2.45, 2.75) is 24.8 Å². The van der Waals surface area contributed by atoms with Gasteiger partial charge in [-0.15, -0.1) is 0 Å².